The number of halogens is 2. The van der Waals surface area contributed by atoms with Gasteiger partial charge in [-0.15, -0.1) is 0 Å². The molecule has 112 valence electrons. The highest BCUT2D eigenvalue weighted by molar-refractivity contribution is 7.89. The third-order valence-electron chi connectivity index (χ3n) is 2.75. The maximum atomic E-state index is 13.6. The van der Waals surface area contributed by atoms with Gasteiger partial charge in [-0.25, -0.2) is 22.3 Å². The topological polar surface area (TPSA) is 80.5 Å². The number of sulfonamides is 1. The number of rotatable bonds is 5. The van der Waals surface area contributed by atoms with E-state index in [4.69, 9.17) is 5.14 Å². The Bertz CT molecular complexity index is 617. The Hall–Kier alpha value is -1.54. The minimum absolute atomic E-state index is 0.357. The van der Waals surface area contributed by atoms with Crippen LogP contribution >= 0.6 is 0 Å². The van der Waals surface area contributed by atoms with E-state index in [1.807, 2.05) is 6.92 Å². The number of nitrogens with two attached hydrogens (primary N) is 1. The van der Waals surface area contributed by atoms with Gasteiger partial charge in [0.05, 0.1) is 10.5 Å². The van der Waals surface area contributed by atoms with E-state index in [1.165, 1.54) is 11.9 Å². The number of primary sulfonamides is 1. The number of benzene rings is 1. The van der Waals surface area contributed by atoms with Crippen LogP contribution in [0.2, 0.25) is 0 Å². The zero-order valence-corrected chi connectivity index (χ0v) is 12.0. The van der Waals surface area contributed by atoms with E-state index >= 15 is 0 Å². The standard InChI is InChI=1S/C12H16F2N2O3S/c1-3-4-5-16(2)12(17)9-6-8(20(15,18)19)7-10(13)11(9)14/h6-7H,3-5H2,1-2H3,(H2,15,18,19). The van der Waals surface area contributed by atoms with Gasteiger partial charge in [0.2, 0.25) is 10.0 Å². The molecule has 0 aliphatic heterocycles. The van der Waals surface area contributed by atoms with Gasteiger partial charge >= 0.3 is 0 Å². The summed E-state index contributed by atoms with van der Waals surface area (Å²) in [5, 5.41) is 4.86. The van der Waals surface area contributed by atoms with Crippen LogP contribution in [0.3, 0.4) is 0 Å². The van der Waals surface area contributed by atoms with Crippen LogP contribution < -0.4 is 5.14 Å². The third-order valence-corrected chi connectivity index (χ3v) is 3.65. The summed E-state index contributed by atoms with van der Waals surface area (Å²) in [5.74, 6) is -3.60. The first-order valence-electron chi connectivity index (χ1n) is 5.95. The molecule has 1 amide bonds. The highest BCUT2D eigenvalue weighted by Crippen LogP contribution is 2.19. The van der Waals surface area contributed by atoms with E-state index in [1.54, 1.807) is 0 Å². The first kappa shape index (κ1) is 16.5. The highest BCUT2D eigenvalue weighted by Gasteiger charge is 2.23. The number of hydrogen-bond acceptors (Lipinski definition) is 3. The van der Waals surface area contributed by atoms with Crippen LogP contribution in [0.5, 0.6) is 0 Å². The van der Waals surface area contributed by atoms with Crippen LogP contribution in [-0.4, -0.2) is 32.8 Å². The Morgan fingerprint density at radius 2 is 1.95 bits per heavy atom. The van der Waals surface area contributed by atoms with Crippen molar-refractivity contribution in [1.29, 1.82) is 0 Å². The molecule has 1 rings (SSSR count). The number of amides is 1. The third kappa shape index (κ3) is 3.73. The van der Waals surface area contributed by atoms with Gasteiger partial charge in [0.15, 0.2) is 11.6 Å². The summed E-state index contributed by atoms with van der Waals surface area (Å²) in [7, 11) is -2.79. The zero-order chi connectivity index (χ0) is 15.5. The van der Waals surface area contributed by atoms with Crippen molar-refractivity contribution in [2.24, 2.45) is 5.14 Å². The normalized spacial score (nSPS) is 11.4. The van der Waals surface area contributed by atoms with E-state index in [0.717, 1.165) is 12.5 Å². The summed E-state index contributed by atoms with van der Waals surface area (Å²) >= 11 is 0. The predicted octanol–water partition coefficient (Wildman–Crippen LogP) is 1.48. The van der Waals surface area contributed by atoms with Gasteiger partial charge in [-0.3, -0.25) is 4.79 Å². The first-order chi connectivity index (χ1) is 9.18. The smallest absolute Gasteiger partial charge is 0.256 e. The Balaban J connectivity index is 3.24. The van der Waals surface area contributed by atoms with E-state index in [9.17, 15) is 22.0 Å². The molecular weight excluding hydrogens is 290 g/mol. The second kappa shape index (κ2) is 6.27. The Morgan fingerprint density at radius 3 is 2.45 bits per heavy atom. The molecule has 8 heteroatoms. The van der Waals surface area contributed by atoms with E-state index < -0.39 is 38.0 Å². The van der Waals surface area contributed by atoms with Gasteiger partial charge in [-0.1, -0.05) is 13.3 Å². The van der Waals surface area contributed by atoms with Crippen LogP contribution in [0.15, 0.2) is 17.0 Å². The minimum atomic E-state index is -4.22. The lowest BCUT2D eigenvalue weighted by atomic mass is 10.1. The monoisotopic (exact) mass is 306 g/mol. The molecule has 2 N–H and O–H groups in total. The van der Waals surface area contributed by atoms with Crippen molar-refractivity contribution in [2.75, 3.05) is 13.6 Å². The molecule has 0 aromatic heterocycles. The summed E-state index contributed by atoms with van der Waals surface area (Å²) in [6.07, 6.45) is 1.52. The average Bonchev–Trinajstić information content (AvgIpc) is 2.36. The van der Waals surface area contributed by atoms with Crippen LogP contribution in [0.1, 0.15) is 30.1 Å². The molecule has 0 saturated carbocycles. The molecule has 0 spiro atoms. The van der Waals surface area contributed by atoms with Crippen molar-refractivity contribution in [3.05, 3.63) is 29.3 Å². The van der Waals surface area contributed by atoms with Crippen molar-refractivity contribution in [2.45, 2.75) is 24.7 Å². The molecule has 0 saturated heterocycles. The van der Waals surface area contributed by atoms with E-state index in [-0.39, 0.29) is 0 Å². The molecular formula is C12H16F2N2O3S. The molecule has 1 aromatic carbocycles. The SMILES string of the molecule is CCCCN(C)C(=O)c1cc(S(N)(=O)=O)cc(F)c1F. The van der Waals surface area contributed by atoms with Crippen LogP contribution in [0, 0.1) is 11.6 Å². The summed E-state index contributed by atoms with van der Waals surface area (Å²) < 4.78 is 49.4. The number of carbonyl (C=O) groups is 1. The number of hydrogen-bond donors (Lipinski definition) is 1. The Labute approximate surface area is 116 Å². The average molecular weight is 306 g/mol. The number of nitrogens with zero attached hydrogens (tertiary/aromatic N) is 1. The van der Waals surface area contributed by atoms with Gasteiger partial charge in [-0.05, 0) is 18.6 Å². The van der Waals surface area contributed by atoms with Crippen molar-refractivity contribution >= 4 is 15.9 Å². The molecule has 0 aliphatic carbocycles. The number of carbonyl (C=O) groups excluding carboxylic acids is 1. The maximum absolute atomic E-state index is 13.6. The molecule has 0 bridgehead atoms. The van der Waals surface area contributed by atoms with Crippen molar-refractivity contribution in [3.63, 3.8) is 0 Å². The highest BCUT2D eigenvalue weighted by atomic mass is 32.2. The Morgan fingerprint density at radius 1 is 1.35 bits per heavy atom. The molecule has 0 fully saturated rings. The van der Waals surface area contributed by atoms with Gasteiger partial charge in [0.1, 0.15) is 0 Å². The van der Waals surface area contributed by atoms with Crippen molar-refractivity contribution < 1.29 is 22.0 Å². The van der Waals surface area contributed by atoms with Crippen molar-refractivity contribution in [3.8, 4) is 0 Å². The second-order valence-corrected chi connectivity index (χ2v) is 5.95. The maximum Gasteiger partial charge on any atom is 0.256 e. The first-order valence-corrected chi connectivity index (χ1v) is 7.50. The van der Waals surface area contributed by atoms with Crippen LogP contribution in [-0.2, 0) is 10.0 Å². The number of unbranched alkanes of at least 4 members (excludes halogenated alkanes) is 1. The van der Waals surface area contributed by atoms with Gasteiger partial charge < -0.3 is 4.90 Å². The summed E-state index contributed by atoms with van der Waals surface area (Å²) in [4.78, 5) is 12.6. The summed E-state index contributed by atoms with van der Waals surface area (Å²) in [6.45, 7) is 2.27. The molecule has 20 heavy (non-hydrogen) atoms. The molecule has 0 unspecified atom stereocenters. The lowest BCUT2D eigenvalue weighted by Gasteiger charge is -2.17. The summed E-state index contributed by atoms with van der Waals surface area (Å²) in [5.41, 5.74) is -0.646. The largest absolute Gasteiger partial charge is 0.342 e. The van der Waals surface area contributed by atoms with Crippen LogP contribution in [0.4, 0.5) is 8.78 Å². The predicted molar refractivity (Wildman–Crippen MR) is 69.6 cm³/mol. The van der Waals surface area contributed by atoms with E-state index in [2.05, 4.69) is 0 Å². The molecule has 0 heterocycles. The molecule has 0 radical (unpaired) electrons. The fourth-order valence-electron chi connectivity index (χ4n) is 1.59. The minimum Gasteiger partial charge on any atom is -0.342 e. The molecule has 0 atom stereocenters. The van der Waals surface area contributed by atoms with Gasteiger partial charge in [0, 0.05) is 13.6 Å². The lowest BCUT2D eigenvalue weighted by Crippen LogP contribution is -2.29. The Kier molecular flexibility index (Phi) is 5.18. The van der Waals surface area contributed by atoms with Crippen LogP contribution in [0.25, 0.3) is 0 Å². The van der Waals surface area contributed by atoms with E-state index in [0.29, 0.717) is 19.0 Å². The molecule has 1 aromatic rings. The molecule has 5 nitrogen and oxygen atoms in total. The van der Waals surface area contributed by atoms with Crippen molar-refractivity contribution in [1.82, 2.24) is 4.90 Å². The fraction of sp³-hybridized carbons (Fsp3) is 0.417. The van der Waals surface area contributed by atoms with Gasteiger partial charge in [0.25, 0.3) is 5.91 Å². The zero-order valence-electron chi connectivity index (χ0n) is 11.2. The van der Waals surface area contributed by atoms with Gasteiger partial charge in [-0.2, -0.15) is 0 Å². The second-order valence-electron chi connectivity index (χ2n) is 4.39. The lowest BCUT2D eigenvalue weighted by molar-refractivity contribution is 0.0787. The fourth-order valence-corrected chi connectivity index (χ4v) is 2.14. The summed E-state index contributed by atoms with van der Waals surface area (Å²) in [6, 6.07) is 1.20. The molecule has 0 aliphatic rings. The quantitative estimate of drug-likeness (QED) is 0.895.